The number of nitrogens with zero attached hydrogens (tertiary/aromatic N) is 5. The van der Waals surface area contributed by atoms with Crippen LogP contribution in [0.4, 0.5) is 0 Å². The molecule has 7 heteroatoms. The number of aromatic nitrogens is 5. The van der Waals surface area contributed by atoms with E-state index in [-0.39, 0.29) is 0 Å². The van der Waals surface area contributed by atoms with Gasteiger partial charge < -0.3 is 8.98 Å². The Labute approximate surface area is 330 Å². The molecule has 12 rings (SSSR count). The predicted molar refractivity (Wildman–Crippen MR) is 234 cm³/mol. The zero-order chi connectivity index (χ0) is 37.5. The van der Waals surface area contributed by atoms with Crippen molar-refractivity contribution in [1.82, 2.24) is 24.5 Å². The van der Waals surface area contributed by atoms with Crippen LogP contribution in [-0.4, -0.2) is 24.5 Å². The zero-order valence-corrected chi connectivity index (χ0v) is 31.1. The summed E-state index contributed by atoms with van der Waals surface area (Å²) in [5, 5.41) is 6.76. The van der Waals surface area contributed by atoms with E-state index >= 15 is 0 Å². The van der Waals surface area contributed by atoms with Crippen molar-refractivity contribution in [3.63, 3.8) is 0 Å². The maximum Gasteiger partial charge on any atom is 0.228 e. The molecule has 12 aromatic rings. The molecule has 0 saturated heterocycles. The Morgan fingerprint density at radius 3 is 1.81 bits per heavy atom. The summed E-state index contributed by atoms with van der Waals surface area (Å²) >= 11 is 1.84. The van der Waals surface area contributed by atoms with Crippen LogP contribution in [0.15, 0.2) is 180 Å². The molecule has 0 amide bonds. The van der Waals surface area contributed by atoms with Gasteiger partial charge in [-0.3, -0.25) is 0 Å². The van der Waals surface area contributed by atoms with Crippen LogP contribution >= 0.6 is 11.3 Å². The molecule has 5 heterocycles. The molecule has 0 atom stereocenters. The highest BCUT2D eigenvalue weighted by molar-refractivity contribution is 7.26. The van der Waals surface area contributed by atoms with E-state index in [1.807, 2.05) is 47.7 Å². The van der Waals surface area contributed by atoms with Crippen molar-refractivity contribution in [1.29, 1.82) is 0 Å². The molecule has 0 saturated carbocycles. The molecule has 0 spiro atoms. The van der Waals surface area contributed by atoms with Gasteiger partial charge in [0.2, 0.25) is 5.71 Å². The minimum absolute atomic E-state index is 0.527. The van der Waals surface area contributed by atoms with E-state index in [0.29, 0.717) is 23.2 Å². The van der Waals surface area contributed by atoms with Gasteiger partial charge in [0.1, 0.15) is 0 Å². The normalized spacial score (nSPS) is 11.9. The molecule has 0 fully saturated rings. The van der Waals surface area contributed by atoms with Gasteiger partial charge in [0, 0.05) is 59.2 Å². The van der Waals surface area contributed by atoms with Crippen molar-refractivity contribution >= 4 is 75.4 Å². The molecule has 0 bridgehead atoms. The Morgan fingerprint density at radius 2 is 1.04 bits per heavy atom. The van der Waals surface area contributed by atoms with Crippen molar-refractivity contribution in [3.05, 3.63) is 176 Å². The number of rotatable bonds is 5. The summed E-state index contributed by atoms with van der Waals surface area (Å²) in [6.07, 6.45) is 1.77. The van der Waals surface area contributed by atoms with Crippen LogP contribution in [0.1, 0.15) is 0 Å². The standard InChI is InChI=1S/C50H29N5OS/c1-2-12-31(13-3-1)47-52-48(32-26-24-30(25-27-32)33-17-10-18-37-36-16-6-9-23-43(36)57-46(33)37)54-49(53-47)39-28-29-51-50-44(39)38-19-11-22-42(45(38)56-50)55-40-20-7-4-14-34(40)35-15-5-8-21-41(35)55/h1-29H. The molecular weight excluding hydrogens is 719 g/mol. The van der Waals surface area contributed by atoms with Gasteiger partial charge in [-0.15, -0.1) is 11.3 Å². The van der Waals surface area contributed by atoms with Crippen LogP contribution < -0.4 is 0 Å². The average molecular weight is 748 g/mol. The number of hydrogen-bond donors (Lipinski definition) is 0. The van der Waals surface area contributed by atoms with Crippen molar-refractivity contribution in [2.75, 3.05) is 0 Å². The van der Waals surface area contributed by atoms with Crippen molar-refractivity contribution in [3.8, 4) is 51.0 Å². The van der Waals surface area contributed by atoms with Gasteiger partial charge in [-0.25, -0.2) is 19.9 Å². The largest absolute Gasteiger partial charge is 0.435 e. The molecule has 266 valence electrons. The van der Waals surface area contributed by atoms with Crippen LogP contribution in [0.3, 0.4) is 0 Å². The Bertz CT molecular complexity index is 3470. The minimum atomic E-state index is 0.527. The minimum Gasteiger partial charge on any atom is -0.435 e. The van der Waals surface area contributed by atoms with Crippen molar-refractivity contribution in [2.45, 2.75) is 0 Å². The molecule has 7 aromatic carbocycles. The second-order valence-corrected chi connectivity index (χ2v) is 15.2. The Balaban J connectivity index is 1.03. The smallest absolute Gasteiger partial charge is 0.228 e. The number of pyridine rings is 1. The van der Waals surface area contributed by atoms with Crippen LogP contribution in [0.25, 0.3) is 115 Å². The fourth-order valence-electron chi connectivity index (χ4n) is 8.37. The first-order chi connectivity index (χ1) is 28.3. The first-order valence-electron chi connectivity index (χ1n) is 18.9. The highest BCUT2D eigenvalue weighted by atomic mass is 32.1. The number of hydrogen-bond acceptors (Lipinski definition) is 6. The second kappa shape index (κ2) is 12.5. The number of thiophene rings is 1. The molecule has 0 N–H and O–H groups in total. The average Bonchev–Trinajstić information content (AvgIpc) is 3.97. The molecule has 0 unspecified atom stereocenters. The lowest BCUT2D eigenvalue weighted by Gasteiger charge is -2.10. The number of furan rings is 1. The summed E-state index contributed by atoms with van der Waals surface area (Å²) in [7, 11) is 0. The topological polar surface area (TPSA) is 69.6 Å². The molecule has 6 nitrogen and oxygen atoms in total. The Kier molecular flexibility index (Phi) is 7.00. The Hall–Kier alpha value is -7.48. The predicted octanol–water partition coefficient (Wildman–Crippen LogP) is 13.3. The fraction of sp³-hybridized carbons (Fsp3) is 0. The molecule has 0 radical (unpaired) electrons. The summed E-state index contributed by atoms with van der Waals surface area (Å²) in [6, 6.07) is 59.1. The van der Waals surface area contributed by atoms with E-state index in [0.717, 1.165) is 55.3 Å². The lowest BCUT2D eigenvalue weighted by Crippen LogP contribution is -2.00. The number of fused-ring (bicyclic) bond motifs is 9. The summed E-state index contributed by atoms with van der Waals surface area (Å²) in [5.74, 6) is 1.74. The van der Waals surface area contributed by atoms with E-state index in [1.54, 1.807) is 6.20 Å². The van der Waals surface area contributed by atoms with E-state index in [9.17, 15) is 0 Å². The summed E-state index contributed by atoms with van der Waals surface area (Å²) in [6.45, 7) is 0. The third-order valence-electron chi connectivity index (χ3n) is 11.0. The third kappa shape index (κ3) is 4.96. The fourth-order valence-corrected chi connectivity index (χ4v) is 9.60. The quantitative estimate of drug-likeness (QED) is 0.175. The van der Waals surface area contributed by atoms with Gasteiger partial charge >= 0.3 is 0 Å². The molecule has 57 heavy (non-hydrogen) atoms. The maximum atomic E-state index is 6.70. The monoisotopic (exact) mass is 747 g/mol. The van der Waals surface area contributed by atoms with Crippen LogP contribution in [-0.2, 0) is 0 Å². The van der Waals surface area contributed by atoms with E-state index in [1.165, 1.54) is 36.5 Å². The van der Waals surface area contributed by atoms with Crippen LogP contribution in [0.2, 0.25) is 0 Å². The van der Waals surface area contributed by atoms with Crippen molar-refractivity contribution in [2.24, 2.45) is 0 Å². The second-order valence-electron chi connectivity index (χ2n) is 14.2. The summed E-state index contributed by atoms with van der Waals surface area (Å²) in [5.41, 5.74) is 9.45. The SMILES string of the molecule is c1ccc(-c2nc(-c3ccc(-c4cccc5c4sc4ccccc45)cc3)nc(-c3ccnc4oc5c(-n6c7ccccc7c7ccccc76)cccc5c34)n2)cc1. The van der Waals surface area contributed by atoms with Crippen LogP contribution in [0, 0.1) is 0 Å². The van der Waals surface area contributed by atoms with Crippen molar-refractivity contribution < 1.29 is 4.42 Å². The third-order valence-corrected chi connectivity index (χ3v) is 12.2. The van der Waals surface area contributed by atoms with Gasteiger partial charge in [0.15, 0.2) is 23.1 Å². The lowest BCUT2D eigenvalue weighted by molar-refractivity contribution is 0.652. The summed E-state index contributed by atoms with van der Waals surface area (Å²) < 4.78 is 11.6. The molecule has 0 aliphatic heterocycles. The van der Waals surface area contributed by atoms with E-state index in [2.05, 4.69) is 138 Å². The van der Waals surface area contributed by atoms with E-state index in [4.69, 9.17) is 24.4 Å². The first kappa shape index (κ1) is 31.8. The summed E-state index contributed by atoms with van der Waals surface area (Å²) in [4.78, 5) is 20.1. The van der Waals surface area contributed by atoms with Gasteiger partial charge in [-0.05, 0) is 41.5 Å². The highest BCUT2D eigenvalue weighted by Gasteiger charge is 2.22. The number of para-hydroxylation sites is 3. The molecule has 0 aliphatic rings. The number of benzene rings is 7. The van der Waals surface area contributed by atoms with E-state index < -0.39 is 0 Å². The zero-order valence-electron chi connectivity index (χ0n) is 30.3. The van der Waals surface area contributed by atoms with Gasteiger partial charge in [0.05, 0.1) is 22.1 Å². The van der Waals surface area contributed by atoms with Crippen LogP contribution in [0.5, 0.6) is 0 Å². The van der Waals surface area contributed by atoms with Gasteiger partial charge in [-0.2, -0.15) is 0 Å². The highest BCUT2D eigenvalue weighted by Crippen LogP contribution is 2.42. The van der Waals surface area contributed by atoms with Gasteiger partial charge in [0.25, 0.3) is 0 Å². The molecular formula is C50H29N5OS. The molecule has 0 aliphatic carbocycles. The lowest BCUT2D eigenvalue weighted by atomic mass is 10.0. The Morgan fingerprint density at radius 1 is 0.439 bits per heavy atom. The van der Waals surface area contributed by atoms with Gasteiger partial charge in [-0.1, -0.05) is 140 Å². The molecule has 5 aromatic heterocycles. The maximum absolute atomic E-state index is 6.70. The first-order valence-corrected chi connectivity index (χ1v) is 19.7.